The van der Waals surface area contributed by atoms with Gasteiger partial charge in [-0.15, -0.1) is 0 Å². The molecule has 2 aliphatic carbocycles. The number of nitrogens with zero attached hydrogens (tertiary/aromatic N) is 4. The summed E-state index contributed by atoms with van der Waals surface area (Å²) in [6, 6.07) is 10.8. The van der Waals surface area contributed by atoms with E-state index >= 15 is 0 Å². The van der Waals surface area contributed by atoms with Gasteiger partial charge in [0.15, 0.2) is 28.5 Å². The molecule has 0 aliphatic heterocycles. The first-order chi connectivity index (χ1) is 18.4. The standard InChI is InChI=1S/C28H26FN5O4/c1-38-21-12-16(5-7-20(21)35)9-10-30-27-23-28(33-22(32-27)8-6-15-3-2-4-17(29)11-15)34(14-31-23)24-18-13-19(18)25(36)26(24)37/h2-5,7,11-12,14,18-19,24-26,35-37H,9-10,13H2,1H3,(H,30,32,33)/t18-,19+,24+,25+,26-/m0/s1. The maximum Gasteiger partial charge on any atom is 0.209 e. The number of rotatable bonds is 6. The smallest absolute Gasteiger partial charge is 0.209 e. The monoisotopic (exact) mass is 515 g/mol. The lowest BCUT2D eigenvalue weighted by Crippen LogP contribution is -2.31. The summed E-state index contributed by atoms with van der Waals surface area (Å²) in [7, 11) is 1.50. The van der Waals surface area contributed by atoms with Crippen molar-refractivity contribution < 1.29 is 24.4 Å². The number of benzene rings is 2. The summed E-state index contributed by atoms with van der Waals surface area (Å²) in [4.78, 5) is 13.8. The minimum Gasteiger partial charge on any atom is -0.504 e. The van der Waals surface area contributed by atoms with Crippen molar-refractivity contribution in [3.63, 3.8) is 0 Å². The molecule has 2 fully saturated rings. The molecule has 2 aliphatic rings. The van der Waals surface area contributed by atoms with Gasteiger partial charge in [-0.05, 0) is 66.5 Å². The zero-order valence-corrected chi connectivity index (χ0v) is 20.5. The third kappa shape index (κ3) is 4.40. The first-order valence-electron chi connectivity index (χ1n) is 12.4. The molecule has 0 unspecified atom stereocenters. The Hall–Kier alpha value is -4.20. The van der Waals surface area contributed by atoms with E-state index in [4.69, 9.17) is 4.74 Å². The Morgan fingerprint density at radius 1 is 1.11 bits per heavy atom. The summed E-state index contributed by atoms with van der Waals surface area (Å²) in [6.07, 6.45) is 1.41. The van der Waals surface area contributed by atoms with Crippen molar-refractivity contribution in [3.8, 4) is 23.3 Å². The molecular formula is C28H26FN5O4. The number of halogens is 1. The Morgan fingerprint density at radius 3 is 2.74 bits per heavy atom. The molecule has 2 aromatic heterocycles. The number of phenolic OH excluding ortho intramolecular Hbond substituents is 1. The Balaban J connectivity index is 1.33. The summed E-state index contributed by atoms with van der Waals surface area (Å²) in [5, 5.41) is 34.2. The molecule has 0 saturated heterocycles. The summed E-state index contributed by atoms with van der Waals surface area (Å²) >= 11 is 0. The number of fused-ring (bicyclic) bond motifs is 2. The van der Waals surface area contributed by atoms with Crippen LogP contribution in [0.25, 0.3) is 11.2 Å². The van der Waals surface area contributed by atoms with Gasteiger partial charge in [0.2, 0.25) is 5.82 Å². The van der Waals surface area contributed by atoms with Gasteiger partial charge >= 0.3 is 0 Å². The van der Waals surface area contributed by atoms with Crippen molar-refractivity contribution >= 4 is 17.0 Å². The third-order valence-electron chi connectivity index (χ3n) is 7.30. The van der Waals surface area contributed by atoms with E-state index in [0.29, 0.717) is 41.3 Å². The lowest BCUT2D eigenvalue weighted by Gasteiger charge is -2.22. The van der Waals surface area contributed by atoms with Crippen LogP contribution in [0.15, 0.2) is 48.8 Å². The molecular weight excluding hydrogens is 489 g/mol. The van der Waals surface area contributed by atoms with Crippen molar-refractivity contribution in [2.75, 3.05) is 19.0 Å². The van der Waals surface area contributed by atoms with Crippen molar-refractivity contribution in [2.24, 2.45) is 11.8 Å². The average Bonchev–Trinajstić information content (AvgIpc) is 3.52. The van der Waals surface area contributed by atoms with Crippen LogP contribution in [0.5, 0.6) is 11.5 Å². The molecule has 6 rings (SSSR count). The van der Waals surface area contributed by atoms with E-state index in [-0.39, 0.29) is 35.3 Å². The van der Waals surface area contributed by atoms with E-state index in [1.54, 1.807) is 30.6 Å². The lowest BCUT2D eigenvalue weighted by atomic mass is 10.1. The van der Waals surface area contributed by atoms with Crippen molar-refractivity contribution in [1.29, 1.82) is 0 Å². The molecule has 0 radical (unpaired) electrons. The molecule has 2 saturated carbocycles. The zero-order valence-electron chi connectivity index (χ0n) is 20.5. The predicted molar refractivity (Wildman–Crippen MR) is 137 cm³/mol. The summed E-state index contributed by atoms with van der Waals surface area (Å²) in [5.74, 6) is 6.87. The molecule has 0 spiro atoms. The van der Waals surface area contributed by atoms with E-state index in [1.165, 1.54) is 19.2 Å². The number of anilines is 1. The number of aromatic nitrogens is 4. The largest absolute Gasteiger partial charge is 0.504 e. The van der Waals surface area contributed by atoms with Gasteiger partial charge in [-0.25, -0.2) is 19.3 Å². The highest BCUT2D eigenvalue weighted by Gasteiger charge is 2.60. The number of aliphatic hydroxyl groups is 2. The van der Waals surface area contributed by atoms with Crippen molar-refractivity contribution in [2.45, 2.75) is 31.1 Å². The highest BCUT2D eigenvalue weighted by atomic mass is 19.1. The molecule has 9 nitrogen and oxygen atoms in total. The second kappa shape index (κ2) is 9.59. The van der Waals surface area contributed by atoms with Gasteiger partial charge in [0.05, 0.1) is 25.6 Å². The maximum atomic E-state index is 13.6. The van der Waals surface area contributed by atoms with Crippen LogP contribution in [0.3, 0.4) is 0 Å². The Labute approximate surface area is 218 Å². The van der Waals surface area contributed by atoms with Gasteiger partial charge in [-0.3, -0.25) is 0 Å². The normalized spacial score (nSPS) is 23.5. The van der Waals surface area contributed by atoms with Crippen LogP contribution >= 0.6 is 0 Å². The molecule has 0 amide bonds. The van der Waals surface area contributed by atoms with E-state index in [1.807, 2.05) is 10.6 Å². The number of aliphatic hydroxyl groups excluding tert-OH is 2. The predicted octanol–water partition coefficient (Wildman–Crippen LogP) is 2.65. The van der Waals surface area contributed by atoms with Crippen molar-refractivity contribution in [3.05, 3.63) is 71.6 Å². The molecule has 0 bridgehead atoms. The molecule has 38 heavy (non-hydrogen) atoms. The second-order valence-electron chi connectivity index (χ2n) is 9.70. The summed E-state index contributed by atoms with van der Waals surface area (Å²) in [6.45, 7) is 0.499. The fourth-order valence-electron chi connectivity index (χ4n) is 5.31. The minimum absolute atomic E-state index is 0.0749. The van der Waals surface area contributed by atoms with E-state index in [9.17, 15) is 19.7 Å². The Bertz CT molecular complexity index is 1580. The van der Waals surface area contributed by atoms with Crippen LogP contribution in [-0.4, -0.2) is 60.7 Å². The molecule has 4 aromatic rings. The van der Waals surface area contributed by atoms with Gasteiger partial charge < -0.3 is 29.9 Å². The van der Waals surface area contributed by atoms with Crippen LogP contribution in [0.1, 0.15) is 29.4 Å². The first-order valence-corrected chi connectivity index (χ1v) is 12.4. The van der Waals surface area contributed by atoms with E-state index < -0.39 is 12.2 Å². The fourth-order valence-corrected chi connectivity index (χ4v) is 5.31. The molecule has 2 aromatic carbocycles. The van der Waals surface area contributed by atoms with Crippen LogP contribution in [-0.2, 0) is 6.42 Å². The fraction of sp³-hybridized carbons (Fsp3) is 0.321. The highest BCUT2D eigenvalue weighted by Crippen LogP contribution is 2.57. The summed E-state index contributed by atoms with van der Waals surface area (Å²) < 4.78 is 20.6. The number of ether oxygens (including phenoxy) is 1. The van der Waals surface area contributed by atoms with Crippen LogP contribution < -0.4 is 10.1 Å². The van der Waals surface area contributed by atoms with Gasteiger partial charge in [-0.2, -0.15) is 0 Å². The van der Waals surface area contributed by atoms with Gasteiger partial charge in [0, 0.05) is 12.1 Å². The zero-order chi connectivity index (χ0) is 26.4. The average molecular weight is 516 g/mol. The second-order valence-corrected chi connectivity index (χ2v) is 9.70. The van der Waals surface area contributed by atoms with Crippen LogP contribution in [0, 0.1) is 29.5 Å². The Morgan fingerprint density at radius 2 is 1.97 bits per heavy atom. The number of aromatic hydroxyl groups is 1. The molecule has 10 heteroatoms. The van der Waals surface area contributed by atoms with Crippen LogP contribution in [0.2, 0.25) is 0 Å². The number of hydrogen-bond donors (Lipinski definition) is 4. The molecule has 5 atom stereocenters. The van der Waals surface area contributed by atoms with Crippen molar-refractivity contribution in [1.82, 2.24) is 19.5 Å². The summed E-state index contributed by atoms with van der Waals surface area (Å²) in [5.41, 5.74) is 2.47. The number of phenols is 1. The van der Waals surface area contributed by atoms with Gasteiger partial charge in [0.1, 0.15) is 11.9 Å². The topological polar surface area (TPSA) is 126 Å². The lowest BCUT2D eigenvalue weighted by molar-refractivity contribution is 0.00386. The number of imidazole rings is 1. The first kappa shape index (κ1) is 24.2. The number of hydrogen-bond acceptors (Lipinski definition) is 8. The quantitative estimate of drug-likeness (QED) is 0.289. The third-order valence-corrected chi connectivity index (χ3v) is 7.30. The van der Waals surface area contributed by atoms with E-state index in [0.717, 1.165) is 12.0 Å². The molecule has 194 valence electrons. The minimum atomic E-state index is -0.908. The Kier molecular flexibility index (Phi) is 6.10. The van der Waals surface area contributed by atoms with Crippen LogP contribution in [0.4, 0.5) is 10.2 Å². The SMILES string of the molecule is COc1cc(CCNc2nc(C#Cc3cccc(F)c3)nc3c2ncn3[C@H]2[C@H](O)[C@H](O)[C@@H]3C[C@@H]32)ccc1O. The van der Waals surface area contributed by atoms with Gasteiger partial charge in [0.25, 0.3) is 0 Å². The highest BCUT2D eigenvalue weighted by molar-refractivity contribution is 5.83. The van der Waals surface area contributed by atoms with E-state index in [2.05, 4.69) is 32.1 Å². The molecule has 2 heterocycles. The number of methoxy groups -OCH3 is 1. The molecule has 4 N–H and O–H groups in total. The maximum absolute atomic E-state index is 13.6. The van der Waals surface area contributed by atoms with Gasteiger partial charge in [-0.1, -0.05) is 18.1 Å². The number of nitrogens with one attached hydrogen (secondary N) is 1.